The number of ketones is 1. The van der Waals surface area contributed by atoms with Crippen molar-refractivity contribution < 1.29 is 9.90 Å². The van der Waals surface area contributed by atoms with E-state index in [1.54, 1.807) is 6.07 Å². The van der Waals surface area contributed by atoms with Crippen LogP contribution in [0, 0.1) is 0 Å². The summed E-state index contributed by atoms with van der Waals surface area (Å²) in [5, 5.41) is 10.4. The van der Waals surface area contributed by atoms with Crippen molar-refractivity contribution in [3.8, 4) is 5.75 Å². The summed E-state index contributed by atoms with van der Waals surface area (Å²) in [5.74, 6) is 0.322. The fourth-order valence-corrected chi connectivity index (χ4v) is 3.31. The van der Waals surface area contributed by atoms with E-state index in [9.17, 15) is 9.90 Å². The number of hydrogen-bond acceptors (Lipinski definition) is 2. The molecule has 0 atom stereocenters. The third-order valence-electron chi connectivity index (χ3n) is 4.98. The van der Waals surface area contributed by atoms with E-state index in [4.69, 9.17) is 0 Å². The minimum absolute atomic E-state index is 0.0962. The Bertz CT molecular complexity index is 479. The molecule has 0 radical (unpaired) electrons. The standard InChI is InChI=1S/C23H38O2/c1-3-5-7-9-10-11-12-14-19-22(24)21-18-15-17-20(23(21)25)16-13-8-6-4-2/h15,17-18,25H,3-14,16,19H2,1-2H3. The van der Waals surface area contributed by atoms with Crippen molar-refractivity contribution in [2.24, 2.45) is 0 Å². The van der Waals surface area contributed by atoms with Crippen molar-refractivity contribution in [1.29, 1.82) is 0 Å². The molecule has 0 unspecified atom stereocenters. The Kier molecular flexibility index (Phi) is 12.1. The average molecular weight is 347 g/mol. The minimum atomic E-state index is 0.0962. The molecule has 0 aliphatic rings. The van der Waals surface area contributed by atoms with E-state index in [1.807, 2.05) is 12.1 Å². The monoisotopic (exact) mass is 346 g/mol. The number of carbonyl (C=O) groups excluding carboxylic acids is 1. The van der Waals surface area contributed by atoms with Crippen LogP contribution in [0.15, 0.2) is 18.2 Å². The van der Waals surface area contributed by atoms with Gasteiger partial charge in [0.15, 0.2) is 5.78 Å². The van der Waals surface area contributed by atoms with Gasteiger partial charge in [-0.3, -0.25) is 4.79 Å². The SMILES string of the molecule is CCCCCCCCCCC(=O)c1cccc(CCCCCC)c1O. The van der Waals surface area contributed by atoms with Gasteiger partial charge in [0.2, 0.25) is 0 Å². The zero-order valence-corrected chi connectivity index (χ0v) is 16.5. The largest absolute Gasteiger partial charge is 0.507 e. The van der Waals surface area contributed by atoms with Gasteiger partial charge in [-0.25, -0.2) is 0 Å². The number of Topliss-reactive ketones (excluding diaryl/α,β-unsaturated/α-hetero) is 1. The lowest BCUT2D eigenvalue weighted by atomic mass is 9.98. The van der Waals surface area contributed by atoms with Crippen LogP contribution in [0.4, 0.5) is 0 Å². The molecule has 25 heavy (non-hydrogen) atoms. The van der Waals surface area contributed by atoms with Crippen LogP contribution < -0.4 is 0 Å². The predicted octanol–water partition coefficient (Wildman–Crippen LogP) is 7.23. The van der Waals surface area contributed by atoms with Crippen LogP contribution in [0.1, 0.15) is 113 Å². The van der Waals surface area contributed by atoms with Crippen molar-refractivity contribution in [3.05, 3.63) is 29.3 Å². The summed E-state index contributed by atoms with van der Waals surface area (Å²) in [6.45, 7) is 4.43. The number of phenolic OH excluding ortho intramolecular Hbond substituents is 1. The fourth-order valence-electron chi connectivity index (χ4n) is 3.31. The zero-order chi connectivity index (χ0) is 18.3. The summed E-state index contributed by atoms with van der Waals surface area (Å²) in [6.07, 6.45) is 16.0. The van der Waals surface area contributed by atoms with Gasteiger partial charge in [-0.15, -0.1) is 0 Å². The number of phenols is 1. The van der Waals surface area contributed by atoms with Gasteiger partial charge in [0, 0.05) is 6.42 Å². The van der Waals surface area contributed by atoms with Gasteiger partial charge in [0.05, 0.1) is 5.56 Å². The zero-order valence-electron chi connectivity index (χ0n) is 16.5. The molecule has 1 N–H and O–H groups in total. The Balaban J connectivity index is 2.32. The Morgan fingerprint density at radius 1 is 0.800 bits per heavy atom. The predicted molar refractivity (Wildman–Crippen MR) is 108 cm³/mol. The van der Waals surface area contributed by atoms with Crippen LogP contribution in [-0.4, -0.2) is 10.9 Å². The van der Waals surface area contributed by atoms with Gasteiger partial charge < -0.3 is 5.11 Å². The molecule has 0 bridgehead atoms. The Labute approximate surface area is 155 Å². The summed E-state index contributed by atoms with van der Waals surface area (Å²) in [6, 6.07) is 5.64. The van der Waals surface area contributed by atoms with E-state index in [0.29, 0.717) is 12.0 Å². The van der Waals surface area contributed by atoms with Crippen molar-refractivity contribution in [2.45, 2.75) is 104 Å². The van der Waals surface area contributed by atoms with E-state index in [1.165, 1.54) is 57.8 Å². The van der Waals surface area contributed by atoms with Crippen LogP contribution in [0.5, 0.6) is 5.75 Å². The lowest BCUT2D eigenvalue weighted by molar-refractivity contribution is 0.0976. The van der Waals surface area contributed by atoms with Crippen LogP contribution in [0.2, 0.25) is 0 Å². The molecule has 2 nitrogen and oxygen atoms in total. The Morgan fingerprint density at radius 2 is 1.36 bits per heavy atom. The van der Waals surface area contributed by atoms with Crippen LogP contribution in [0.25, 0.3) is 0 Å². The van der Waals surface area contributed by atoms with Gasteiger partial charge in [-0.2, -0.15) is 0 Å². The molecule has 1 rings (SSSR count). The van der Waals surface area contributed by atoms with Crippen molar-refractivity contribution in [1.82, 2.24) is 0 Å². The number of unbranched alkanes of at least 4 members (excludes halogenated alkanes) is 10. The number of rotatable bonds is 15. The van der Waals surface area contributed by atoms with Crippen molar-refractivity contribution in [2.75, 3.05) is 0 Å². The molecule has 142 valence electrons. The van der Waals surface area contributed by atoms with Gasteiger partial charge in [-0.1, -0.05) is 90.2 Å². The molecular weight excluding hydrogens is 308 g/mol. The molecule has 0 saturated heterocycles. The smallest absolute Gasteiger partial charge is 0.166 e. The number of carbonyl (C=O) groups is 1. The number of hydrogen-bond donors (Lipinski definition) is 1. The van der Waals surface area contributed by atoms with Crippen LogP contribution in [-0.2, 0) is 6.42 Å². The molecule has 0 spiro atoms. The first-order valence-electron chi connectivity index (χ1n) is 10.5. The first-order chi connectivity index (χ1) is 12.2. The summed E-state index contributed by atoms with van der Waals surface area (Å²) >= 11 is 0. The second-order valence-corrected chi connectivity index (χ2v) is 7.27. The van der Waals surface area contributed by atoms with Crippen molar-refractivity contribution in [3.63, 3.8) is 0 Å². The normalized spacial score (nSPS) is 11.0. The van der Waals surface area contributed by atoms with Gasteiger partial charge in [0.25, 0.3) is 0 Å². The maximum absolute atomic E-state index is 12.4. The maximum atomic E-state index is 12.4. The molecule has 1 aromatic rings. The second kappa shape index (κ2) is 13.9. The highest BCUT2D eigenvalue weighted by Crippen LogP contribution is 2.26. The highest BCUT2D eigenvalue weighted by molar-refractivity contribution is 5.98. The Hall–Kier alpha value is -1.31. The highest BCUT2D eigenvalue weighted by Gasteiger charge is 2.13. The topological polar surface area (TPSA) is 37.3 Å². The molecule has 0 aliphatic carbocycles. The highest BCUT2D eigenvalue weighted by atomic mass is 16.3. The first kappa shape index (κ1) is 21.7. The van der Waals surface area contributed by atoms with E-state index < -0.39 is 0 Å². The van der Waals surface area contributed by atoms with E-state index in [0.717, 1.165) is 31.2 Å². The third kappa shape index (κ3) is 9.09. The molecule has 2 heteroatoms. The summed E-state index contributed by atoms with van der Waals surface area (Å²) in [4.78, 5) is 12.4. The number of para-hydroxylation sites is 1. The van der Waals surface area contributed by atoms with Crippen LogP contribution >= 0.6 is 0 Å². The maximum Gasteiger partial charge on any atom is 0.166 e. The van der Waals surface area contributed by atoms with Gasteiger partial charge in [0.1, 0.15) is 5.75 Å². The minimum Gasteiger partial charge on any atom is -0.507 e. The van der Waals surface area contributed by atoms with Crippen molar-refractivity contribution >= 4 is 5.78 Å². The van der Waals surface area contributed by atoms with E-state index >= 15 is 0 Å². The second-order valence-electron chi connectivity index (χ2n) is 7.27. The number of aromatic hydroxyl groups is 1. The lowest BCUT2D eigenvalue weighted by Gasteiger charge is -2.09. The molecule has 0 amide bonds. The van der Waals surface area contributed by atoms with Gasteiger partial charge in [-0.05, 0) is 30.9 Å². The Morgan fingerprint density at radius 3 is 2.00 bits per heavy atom. The molecule has 0 heterocycles. The average Bonchev–Trinajstić information content (AvgIpc) is 2.62. The number of benzene rings is 1. The fraction of sp³-hybridized carbons (Fsp3) is 0.696. The third-order valence-corrected chi connectivity index (χ3v) is 4.98. The van der Waals surface area contributed by atoms with E-state index in [-0.39, 0.29) is 11.5 Å². The molecule has 0 fully saturated rings. The molecule has 0 aliphatic heterocycles. The number of aryl methyl sites for hydroxylation is 1. The quantitative estimate of drug-likeness (QED) is 0.269. The molecule has 0 saturated carbocycles. The summed E-state index contributed by atoms with van der Waals surface area (Å²) in [5.41, 5.74) is 1.45. The van der Waals surface area contributed by atoms with Crippen LogP contribution in [0.3, 0.4) is 0 Å². The molecule has 1 aromatic carbocycles. The first-order valence-corrected chi connectivity index (χ1v) is 10.5. The molecular formula is C23H38O2. The lowest BCUT2D eigenvalue weighted by Crippen LogP contribution is -2.01. The molecule has 0 aromatic heterocycles. The summed E-state index contributed by atoms with van der Waals surface area (Å²) < 4.78 is 0. The van der Waals surface area contributed by atoms with Gasteiger partial charge >= 0.3 is 0 Å². The summed E-state index contributed by atoms with van der Waals surface area (Å²) in [7, 11) is 0. The van der Waals surface area contributed by atoms with E-state index in [2.05, 4.69) is 13.8 Å².